The highest BCUT2D eigenvalue weighted by Gasteiger charge is 1.65. The van der Waals surface area contributed by atoms with Gasteiger partial charge in [0.1, 0.15) is 0 Å². The third-order valence-corrected chi connectivity index (χ3v) is 0.348. The SMILES string of the molecule is C=C(C)C.C=C(C)OC.C=CC.C=NC. The summed E-state index contributed by atoms with van der Waals surface area (Å²) in [7, 11) is 3.24. The molecule has 0 amide bonds. The second-order valence-electron chi connectivity index (χ2n) is 2.84. The lowest BCUT2D eigenvalue weighted by Crippen LogP contribution is -1.70. The van der Waals surface area contributed by atoms with E-state index in [1.54, 1.807) is 27.2 Å². The summed E-state index contributed by atoms with van der Waals surface area (Å²) in [6.07, 6.45) is 1.75. The Morgan fingerprint density at radius 2 is 1.27 bits per heavy atom. The van der Waals surface area contributed by atoms with Gasteiger partial charge in [-0.05, 0) is 34.4 Å². The summed E-state index contributed by atoms with van der Waals surface area (Å²) in [5.41, 5.74) is 1.17. The topological polar surface area (TPSA) is 21.6 Å². The molecule has 0 radical (unpaired) electrons. The van der Waals surface area contributed by atoms with Crippen LogP contribution in [0.1, 0.15) is 27.7 Å². The van der Waals surface area contributed by atoms with Crippen molar-refractivity contribution in [1.82, 2.24) is 0 Å². The maximum absolute atomic E-state index is 4.56. The van der Waals surface area contributed by atoms with Crippen molar-refractivity contribution in [3.05, 3.63) is 37.1 Å². The van der Waals surface area contributed by atoms with E-state index in [-0.39, 0.29) is 0 Å². The number of hydrogen-bond donors (Lipinski definition) is 0. The summed E-state index contributed by atoms with van der Waals surface area (Å²) in [6.45, 7) is 21.1. The molecular formula is C13H27NO. The Hall–Kier alpha value is -1.31. The number of hydrogen-bond acceptors (Lipinski definition) is 2. The van der Waals surface area contributed by atoms with Gasteiger partial charge >= 0.3 is 0 Å². The van der Waals surface area contributed by atoms with Crippen molar-refractivity contribution in [1.29, 1.82) is 0 Å². The average molecular weight is 213 g/mol. The summed E-state index contributed by atoms with van der Waals surface area (Å²) in [6, 6.07) is 0. The quantitative estimate of drug-likeness (QED) is 0.362. The molecule has 0 N–H and O–H groups in total. The largest absolute Gasteiger partial charge is 0.502 e. The molecular weight excluding hydrogens is 186 g/mol. The Labute approximate surface area is 96.1 Å². The lowest BCUT2D eigenvalue weighted by atomic mass is 10.4. The molecule has 0 fully saturated rings. The smallest absolute Gasteiger partial charge is 0.0853 e. The highest BCUT2D eigenvalue weighted by molar-refractivity contribution is 5.22. The van der Waals surface area contributed by atoms with Gasteiger partial charge in [-0.2, -0.15) is 0 Å². The molecule has 0 atom stereocenters. The van der Waals surface area contributed by atoms with Gasteiger partial charge < -0.3 is 9.73 Å². The van der Waals surface area contributed by atoms with Crippen LogP contribution in [0.5, 0.6) is 0 Å². The van der Waals surface area contributed by atoms with Gasteiger partial charge in [0.25, 0.3) is 0 Å². The number of aliphatic imine (C=N–C) groups is 1. The number of methoxy groups -OCH3 is 1. The van der Waals surface area contributed by atoms with Crippen LogP contribution in [-0.2, 0) is 4.74 Å². The Kier molecular flexibility index (Phi) is 45.9. The third kappa shape index (κ3) is 3050. The van der Waals surface area contributed by atoms with E-state index < -0.39 is 0 Å². The van der Waals surface area contributed by atoms with Crippen molar-refractivity contribution in [2.24, 2.45) is 4.99 Å². The van der Waals surface area contributed by atoms with Crippen molar-refractivity contribution in [3.63, 3.8) is 0 Å². The monoisotopic (exact) mass is 213 g/mol. The first-order valence-corrected chi connectivity index (χ1v) is 4.57. The fraction of sp³-hybridized carbons (Fsp3) is 0.462. The van der Waals surface area contributed by atoms with E-state index in [4.69, 9.17) is 0 Å². The zero-order chi connectivity index (χ0) is 13.3. The molecule has 15 heavy (non-hydrogen) atoms. The zero-order valence-electron chi connectivity index (χ0n) is 11.3. The number of nitrogens with zero attached hydrogens (tertiary/aromatic N) is 1. The average Bonchev–Trinajstić information content (AvgIpc) is 2.06. The Balaban J connectivity index is -0.0000000553. The molecule has 0 aromatic rings. The normalized spacial score (nSPS) is 5.73. The Morgan fingerprint density at radius 3 is 1.27 bits per heavy atom. The van der Waals surface area contributed by atoms with Crippen LogP contribution < -0.4 is 0 Å². The van der Waals surface area contributed by atoms with Gasteiger partial charge in [-0.3, -0.25) is 0 Å². The first-order chi connectivity index (χ1) is 6.83. The van der Waals surface area contributed by atoms with Crippen molar-refractivity contribution in [2.75, 3.05) is 14.2 Å². The molecule has 2 heteroatoms. The third-order valence-electron chi connectivity index (χ3n) is 0.348. The molecule has 0 aliphatic carbocycles. The first kappa shape index (κ1) is 23.5. The van der Waals surface area contributed by atoms with Crippen molar-refractivity contribution in [3.8, 4) is 0 Å². The zero-order valence-corrected chi connectivity index (χ0v) is 11.3. The van der Waals surface area contributed by atoms with Crippen LogP contribution in [-0.4, -0.2) is 20.9 Å². The molecule has 0 aliphatic rings. The predicted octanol–water partition coefficient (Wildman–Crippen LogP) is 4.26. The summed E-state index contributed by atoms with van der Waals surface area (Å²) >= 11 is 0. The molecule has 0 heterocycles. The van der Waals surface area contributed by atoms with Gasteiger partial charge in [0.2, 0.25) is 0 Å². The second-order valence-corrected chi connectivity index (χ2v) is 2.84. The Bertz CT molecular complexity index is 150. The molecule has 0 bridgehead atoms. The summed E-state index contributed by atoms with van der Waals surface area (Å²) in [5, 5.41) is 0. The second kappa shape index (κ2) is 29.3. The van der Waals surface area contributed by atoms with E-state index in [0.717, 1.165) is 5.76 Å². The van der Waals surface area contributed by atoms with Crippen molar-refractivity contribution >= 4 is 6.72 Å². The number of allylic oxidation sites excluding steroid dienone is 3. The standard InChI is InChI=1S/C4H8O.C4H8.C3H6.C2H5N/c1-4(2)5-3;1-4(2)3;2*1-3-2/h1H2,2-3H3;1H2,2-3H3;3H,1H2,2H3;1H2,2H3. The minimum atomic E-state index is 0.755. The van der Waals surface area contributed by atoms with E-state index in [1.807, 2.05) is 20.8 Å². The van der Waals surface area contributed by atoms with Crippen LogP contribution in [0, 0.1) is 0 Å². The fourth-order valence-corrected chi connectivity index (χ4v) is 0. The van der Waals surface area contributed by atoms with Gasteiger partial charge in [0, 0.05) is 7.05 Å². The lowest BCUT2D eigenvalue weighted by Gasteiger charge is -1.88. The van der Waals surface area contributed by atoms with Crippen molar-refractivity contribution < 1.29 is 4.74 Å². The van der Waals surface area contributed by atoms with Gasteiger partial charge in [-0.15, -0.1) is 13.2 Å². The maximum Gasteiger partial charge on any atom is 0.0853 e. The van der Waals surface area contributed by atoms with Gasteiger partial charge in [-0.1, -0.05) is 18.2 Å². The molecule has 0 aromatic carbocycles. The molecule has 0 rings (SSSR count). The van der Waals surface area contributed by atoms with E-state index in [9.17, 15) is 0 Å². The lowest BCUT2D eigenvalue weighted by molar-refractivity contribution is 0.295. The number of rotatable bonds is 1. The predicted molar refractivity (Wildman–Crippen MR) is 73.7 cm³/mol. The number of ether oxygens (including phenoxy) is 1. The molecule has 2 nitrogen and oxygen atoms in total. The van der Waals surface area contributed by atoms with Gasteiger partial charge in [0.05, 0.1) is 12.9 Å². The van der Waals surface area contributed by atoms with Crippen LogP contribution in [0.15, 0.2) is 42.1 Å². The highest BCUT2D eigenvalue weighted by atomic mass is 16.5. The molecule has 0 aliphatic heterocycles. The molecule has 0 saturated carbocycles. The van der Waals surface area contributed by atoms with E-state index >= 15 is 0 Å². The van der Waals surface area contributed by atoms with Crippen molar-refractivity contribution in [2.45, 2.75) is 27.7 Å². The summed E-state index contributed by atoms with van der Waals surface area (Å²) in [5.74, 6) is 0.755. The first-order valence-electron chi connectivity index (χ1n) is 4.57. The molecule has 0 spiro atoms. The maximum atomic E-state index is 4.56. The van der Waals surface area contributed by atoms with Crippen LogP contribution in [0.2, 0.25) is 0 Å². The Morgan fingerprint density at radius 1 is 1.20 bits per heavy atom. The molecule has 90 valence electrons. The molecule has 0 saturated heterocycles. The van der Waals surface area contributed by atoms with E-state index in [2.05, 4.69) is 36.2 Å². The van der Waals surface area contributed by atoms with Crippen LogP contribution in [0.3, 0.4) is 0 Å². The summed E-state index contributed by atoms with van der Waals surface area (Å²) in [4.78, 5) is 3.25. The van der Waals surface area contributed by atoms with Gasteiger partial charge in [0.15, 0.2) is 0 Å². The molecule has 0 aromatic heterocycles. The molecule has 0 unspecified atom stereocenters. The van der Waals surface area contributed by atoms with E-state index in [1.165, 1.54) is 5.57 Å². The highest BCUT2D eigenvalue weighted by Crippen LogP contribution is 1.80. The minimum absolute atomic E-state index is 0.755. The van der Waals surface area contributed by atoms with E-state index in [0.29, 0.717) is 0 Å². The van der Waals surface area contributed by atoms with Crippen LogP contribution in [0.4, 0.5) is 0 Å². The van der Waals surface area contributed by atoms with Crippen LogP contribution >= 0.6 is 0 Å². The summed E-state index contributed by atoms with van der Waals surface area (Å²) < 4.78 is 4.56. The fourth-order valence-electron chi connectivity index (χ4n) is 0. The minimum Gasteiger partial charge on any atom is -0.502 e. The van der Waals surface area contributed by atoms with Gasteiger partial charge in [-0.25, -0.2) is 0 Å². The van der Waals surface area contributed by atoms with Crippen LogP contribution in [0.25, 0.3) is 0 Å².